The van der Waals surface area contributed by atoms with Crippen LogP contribution in [0.15, 0.2) is 54.2 Å². The van der Waals surface area contributed by atoms with Crippen LogP contribution in [0.1, 0.15) is 10.6 Å². The molecule has 0 aliphatic carbocycles. The lowest BCUT2D eigenvalue weighted by Gasteiger charge is -1.98. The zero-order valence-electron chi connectivity index (χ0n) is 10.2. The number of hydrogen-bond donors (Lipinski definition) is 1. The molecule has 3 nitrogen and oxygen atoms in total. The van der Waals surface area contributed by atoms with Crippen LogP contribution in [0.5, 0.6) is 5.75 Å². The topological polar surface area (TPSA) is 46.0 Å². The highest BCUT2D eigenvalue weighted by atomic mass is 32.1. The largest absolute Gasteiger partial charge is 0.506 e. The minimum Gasteiger partial charge on any atom is -0.506 e. The molecule has 0 saturated heterocycles. The molecule has 0 bridgehead atoms. The summed E-state index contributed by atoms with van der Waals surface area (Å²) >= 11 is 1.62. The fourth-order valence-electron chi connectivity index (χ4n) is 1.88. The van der Waals surface area contributed by atoms with Gasteiger partial charge in [0, 0.05) is 23.6 Å². The highest BCUT2D eigenvalue weighted by molar-refractivity contribution is 7.10. The lowest BCUT2D eigenvalue weighted by molar-refractivity contribution is 0.472. The molecule has 0 atom stereocenters. The SMILES string of the molecule is Oc1cncc(Cc2nc(-c3ccccc3)cs2)c1. The molecule has 0 radical (unpaired) electrons. The van der Waals surface area contributed by atoms with Crippen molar-refractivity contribution in [2.45, 2.75) is 6.42 Å². The third-order valence-corrected chi connectivity index (χ3v) is 3.61. The Bertz CT molecular complexity index is 679. The van der Waals surface area contributed by atoms with Crippen LogP contribution in [-0.2, 0) is 6.42 Å². The van der Waals surface area contributed by atoms with Gasteiger partial charge >= 0.3 is 0 Å². The van der Waals surface area contributed by atoms with E-state index in [9.17, 15) is 5.11 Å². The van der Waals surface area contributed by atoms with E-state index in [2.05, 4.69) is 27.5 Å². The predicted molar refractivity (Wildman–Crippen MR) is 76.3 cm³/mol. The third kappa shape index (κ3) is 2.80. The number of hydrogen-bond acceptors (Lipinski definition) is 4. The van der Waals surface area contributed by atoms with Gasteiger partial charge in [-0.15, -0.1) is 11.3 Å². The molecule has 94 valence electrons. The average Bonchev–Trinajstić information content (AvgIpc) is 2.88. The van der Waals surface area contributed by atoms with E-state index in [4.69, 9.17) is 0 Å². The van der Waals surface area contributed by atoms with Gasteiger partial charge in [0.05, 0.1) is 16.9 Å². The average molecular weight is 268 g/mol. The number of thiazole rings is 1. The second-order valence-electron chi connectivity index (χ2n) is 4.22. The Balaban J connectivity index is 1.82. The van der Waals surface area contributed by atoms with Crippen LogP contribution in [0.25, 0.3) is 11.3 Å². The summed E-state index contributed by atoms with van der Waals surface area (Å²) in [6, 6.07) is 11.8. The summed E-state index contributed by atoms with van der Waals surface area (Å²) in [6.07, 6.45) is 3.88. The Morgan fingerprint density at radius 1 is 1.11 bits per heavy atom. The van der Waals surface area contributed by atoms with Gasteiger partial charge in [0.25, 0.3) is 0 Å². The van der Waals surface area contributed by atoms with Crippen molar-refractivity contribution in [3.63, 3.8) is 0 Å². The minimum atomic E-state index is 0.192. The predicted octanol–water partition coefficient (Wildman–Crippen LogP) is 3.50. The zero-order chi connectivity index (χ0) is 13.1. The molecule has 2 heterocycles. The maximum absolute atomic E-state index is 9.39. The van der Waals surface area contributed by atoms with Gasteiger partial charge in [0.1, 0.15) is 5.75 Å². The van der Waals surface area contributed by atoms with Crippen LogP contribution in [0.3, 0.4) is 0 Å². The Morgan fingerprint density at radius 2 is 1.95 bits per heavy atom. The number of aromatic nitrogens is 2. The van der Waals surface area contributed by atoms with E-state index in [-0.39, 0.29) is 5.75 Å². The van der Waals surface area contributed by atoms with Crippen LogP contribution in [-0.4, -0.2) is 15.1 Å². The maximum Gasteiger partial charge on any atom is 0.134 e. The van der Waals surface area contributed by atoms with Crippen LogP contribution < -0.4 is 0 Å². The second-order valence-corrected chi connectivity index (χ2v) is 5.16. The van der Waals surface area contributed by atoms with Crippen molar-refractivity contribution in [3.05, 3.63) is 64.7 Å². The van der Waals surface area contributed by atoms with Crippen molar-refractivity contribution < 1.29 is 5.11 Å². The van der Waals surface area contributed by atoms with Gasteiger partial charge in [-0.1, -0.05) is 30.3 Å². The summed E-state index contributed by atoms with van der Waals surface area (Å²) in [7, 11) is 0. The first-order valence-corrected chi connectivity index (χ1v) is 6.82. The molecule has 0 spiro atoms. The molecule has 19 heavy (non-hydrogen) atoms. The highest BCUT2D eigenvalue weighted by Gasteiger charge is 2.05. The van der Waals surface area contributed by atoms with Crippen molar-refractivity contribution in [1.29, 1.82) is 0 Å². The fraction of sp³-hybridized carbons (Fsp3) is 0.0667. The summed E-state index contributed by atoms with van der Waals surface area (Å²) in [5.74, 6) is 0.192. The summed E-state index contributed by atoms with van der Waals surface area (Å²) < 4.78 is 0. The van der Waals surface area contributed by atoms with E-state index in [0.717, 1.165) is 21.8 Å². The lowest BCUT2D eigenvalue weighted by Crippen LogP contribution is -1.88. The summed E-state index contributed by atoms with van der Waals surface area (Å²) in [6.45, 7) is 0. The molecule has 4 heteroatoms. The minimum absolute atomic E-state index is 0.192. The van der Waals surface area contributed by atoms with Crippen molar-refractivity contribution in [1.82, 2.24) is 9.97 Å². The van der Waals surface area contributed by atoms with Gasteiger partial charge in [0.2, 0.25) is 0 Å². The van der Waals surface area contributed by atoms with Gasteiger partial charge < -0.3 is 5.11 Å². The quantitative estimate of drug-likeness (QED) is 0.790. The molecule has 0 saturated carbocycles. The molecule has 0 fully saturated rings. The first-order valence-electron chi connectivity index (χ1n) is 5.94. The Labute approximate surface area is 115 Å². The van der Waals surface area contributed by atoms with Crippen molar-refractivity contribution in [2.75, 3.05) is 0 Å². The molecular formula is C15H12N2OS. The molecule has 0 aliphatic heterocycles. The molecule has 2 aromatic heterocycles. The van der Waals surface area contributed by atoms with Crippen LogP contribution >= 0.6 is 11.3 Å². The molecule has 0 unspecified atom stereocenters. The number of benzene rings is 1. The van der Waals surface area contributed by atoms with Crippen LogP contribution in [0.4, 0.5) is 0 Å². The van der Waals surface area contributed by atoms with Crippen LogP contribution in [0, 0.1) is 0 Å². The molecule has 1 aromatic carbocycles. The van der Waals surface area contributed by atoms with E-state index in [1.54, 1.807) is 23.6 Å². The van der Waals surface area contributed by atoms with Gasteiger partial charge in [-0.05, 0) is 11.6 Å². The molecular weight excluding hydrogens is 256 g/mol. The smallest absolute Gasteiger partial charge is 0.134 e. The van der Waals surface area contributed by atoms with Gasteiger partial charge in [-0.2, -0.15) is 0 Å². The zero-order valence-corrected chi connectivity index (χ0v) is 11.0. The number of nitrogens with zero attached hydrogens (tertiary/aromatic N) is 2. The van der Waals surface area contributed by atoms with E-state index in [0.29, 0.717) is 6.42 Å². The number of rotatable bonds is 3. The van der Waals surface area contributed by atoms with E-state index < -0.39 is 0 Å². The second kappa shape index (κ2) is 5.20. The molecule has 3 aromatic rings. The summed E-state index contributed by atoms with van der Waals surface area (Å²) in [4.78, 5) is 8.59. The number of aromatic hydroxyl groups is 1. The molecule has 1 N–H and O–H groups in total. The fourth-order valence-corrected chi connectivity index (χ4v) is 2.72. The van der Waals surface area contributed by atoms with Crippen molar-refractivity contribution >= 4 is 11.3 Å². The van der Waals surface area contributed by atoms with E-state index in [1.165, 1.54) is 6.20 Å². The van der Waals surface area contributed by atoms with Crippen LogP contribution in [0.2, 0.25) is 0 Å². The first-order chi connectivity index (χ1) is 9.31. The van der Waals surface area contributed by atoms with Gasteiger partial charge in [0.15, 0.2) is 0 Å². The Hall–Kier alpha value is -2.20. The Morgan fingerprint density at radius 3 is 2.74 bits per heavy atom. The summed E-state index contributed by atoms with van der Waals surface area (Å²) in [5.41, 5.74) is 3.08. The van der Waals surface area contributed by atoms with Crippen molar-refractivity contribution in [3.8, 4) is 17.0 Å². The standard InChI is InChI=1S/C15H12N2OS/c18-13-6-11(8-16-9-13)7-15-17-14(10-19-15)12-4-2-1-3-5-12/h1-6,8-10,18H,7H2. The van der Waals surface area contributed by atoms with E-state index >= 15 is 0 Å². The molecule has 3 rings (SSSR count). The van der Waals surface area contributed by atoms with E-state index in [1.807, 2.05) is 18.2 Å². The summed E-state index contributed by atoms with van der Waals surface area (Å²) in [5, 5.41) is 12.5. The molecule has 0 aliphatic rings. The Kier molecular flexibility index (Phi) is 3.25. The third-order valence-electron chi connectivity index (χ3n) is 2.76. The highest BCUT2D eigenvalue weighted by Crippen LogP contribution is 2.23. The van der Waals surface area contributed by atoms with Gasteiger partial charge in [-0.3, -0.25) is 4.98 Å². The molecule has 0 amide bonds. The monoisotopic (exact) mass is 268 g/mol. The lowest BCUT2D eigenvalue weighted by atomic mass is 10.2. The first kappa shape index (κ1) is 11.9. The van der Waals surface area contributed by atoms with Gasteiger partial charge in [-0.25, -0.2) is 4.98 Å². The number of pyridine rings is 1. The normalized spacial score (nSPS) is 10.5. The maximum atomic E-state index is 9.39. The van der Waals surface area contributed by atoms with Crippen molar-refractivity contribution in [2.24, 2.45) is 0 Å².